The Hall–Kier alpha value is -1.41. The van der Waals surface area contributed by atoms with E-state index in [1.165, 1.54) is 12.1 Å². The summed E-state index contributed by atoms with van der Waals surface area (Å²) in [5.41, 5.74) is 1.30. The molecule has 0 heterocycles. The van der Waals surface area contributed by atoms with E-state index >= 15 is 0 Å². The van der Waals surface area contributed by atoms with E-state index in [9.17, 15) is 13.2 Å². The van der Waals surface area contributed by atoms with E-state index < -0.39 is 15.9 Å². The number of rotatable bonds is 6. The summed E-state index contributed by atoms with van der Waals surface area (Å²) in [5.74, 6) is -0.423. The Kier molecular flexibility index (Phi) is 6.62. The highest BCUT2D eigenvalue weighted by Gasteiger charge is 2.25. The quantitative estimate of drug-likeness (QED) is 0.729. The standard InChI is InChI=1S/C17H18BrClN2O3S/c1-3-21(25(23,24)14-9-7-13(18)8-10-14)11-17(22)20-16-6-4-5-15(19)12(16)2/h4-10H,3,11H2,1-2H3,(H,20,22). The highest BCUT2D eigenvalue weighted by atomic mass is 79.9. The van der Waals surface area contributed by atoms with Crippen LogP contribution in [0.1, 0.15) is 12.5 Å². The van der Waals surface area contributed by atoms with Gasteiger partial charge in [-0.25, -0.2) is 8.42 Å². The van der Waals surface area contributed by atoms with Crippen molar-refractivity contribution in [1.29, 1.82) is 0 Å². The van der Waals surface area contributed by atoms with Gasteiger partial charge in [0.15, 0.2) is 0 Å². The third kappa shape index (κ3) is 4.82. The van der Waals surface area contributed by atoms with E-state index in [0.29, 0.717) is 10.7 Å². The third-order valence-corrected chi connectivity index (χ3v) is 6.54. The average molecular weight is 446 g/mol. The zero-order chi connectivity index (χ0) is 18.6. The summed E-state index contributed by atoms with van der Waals surface area (Å²) in [6.45, 7) is 3.38. The molecule has 0 atom stereocenters. The SMILES string of the molecule is CCN(CC(=O)Nc1cccc(Cl)c1C)S(=O)(=O)c1ccc(Br)cc1. The number of hydrogen-bond donors (Lipinski definition) is 1. The van der Waals surface area contributed by atoms with Crippen LogP contribution in [0.3, 0.4) is 0 Å². The maximum absolute atomic E-state index is 12.7. The van der Waals surface area contributed by atoms with Crippen LogP contribution in [-0.2, 0) is 14.8 Å². The number of anilines is 1. The number of likely N-dealkylation sites (N-methyl/N-ethyl adjacent to an activating group) is 1. The molecule has 0 aromatic heterocycles. The first-order valence-electron chi connectivity index (χ1n) is 7.56. The smallest absolute Gasteiger partial charge is 0.243 e. The predicted octanol–water partition coefficient (Wildman–Crippen LogP) is 4.06. The molecule has 1 N–H and O–H groups in total. The molecule has 2 aromatic carbocycles. The minimum absolute atomic E-state index is 0.143. The van der Waals surface area contributed by atoms with Crippen molar-refractivity contribution in [3.8, 4) is 0 Å². The van der Waals surface area contributed by atoms with E-state index in [1.807, 2.05) is 0 Å². The van der Waals surface area contributed by atoms with Gasteiger partial charge in [0, 0.05) is 21.7 Å². The van der Waals surface area contributed by atoms with Gasteiger partial charge in [-0.05, 0) is 48.9 Å². The summed E-state index contributed by atoms with van der Waals surface area (Å²) in [7, 11) is -3.75. The molecular weight excluding hydrogens is 428 g/mol. The highest BCUT2D eigenvalue weighted by molar-refractivity contribution is 9.10. The molecule has 0 aliphatic rings. The van der Waals surface area contributed by atoms with Gasteiger partial charge in [0.25, 0.3) is 0 Å². The lowest BCUT2D eigenvalue weighted by atomic mass is 10.2. The van der Waals surface area contributed by atoms with Gasteiger partial charge in [0.05, 0.1) is 11.4 Å². The molecule has 134 valence electrons. The number of halogens is 2. The first-order valence-corrected chi connectivity index (χ1v) is 10.2. The lowest BCUT2D eigenvalue weighted by molar-refractivity contribution is -0.116. The number of nitrogens with zero attached hydrogens (tertiary/aromatic N) is 1. The lowest BCUT2D eigenvalue weighted by Gasteiger charge is -2.20. The highest BCUT2D eigenvalue weighted by Crippen LogP contribution is 2.23. The largest absolute Gasteiger partial charge is 0.325 e. The summed E-state index contributed by atoms with van der Waals surface area (Å²) < 4.78 is 27.3. The van der Waals surface area contributed by atoms with Gasteiger partial charge < -0.3 is 5.32 Å². The van der Waals surface area contributed by atoms with Crippen LogP contribution >= 0.6 is 27.5 Å². The molecule has 0 bridgehead atoms. The van der Waals surface area contributed by atoms with Crippen LogP contribution < -0.4 is 5.32 Å². The van der Waals surface area contributed by atoms with Crippen LogP contribution in [-0.4, -0.2) is 31.7 Å². The Morgan fingerprint density at radius 2 is 1.84 bits per heavy atom. The monoisotopic (exact) mass is 444 g/mol. The van der Waals surface area contributed by atoms with Crippen LogP contribution in [0.4, 0.5) is 5.69 Å². The van der Waals surface area contributed by atoms with Crippen molar-refractivity contribution < 1.29 is 13.2 Å². The number of hydrogen-bond acceptors (Lipinski definition) is 3. The molecule has 1 amide bonds. The van der Waals surface area contributed by atoms with Crippen molar-refractivity contribution >= 4 is 49.1 Å². The fourth-order valence-electron chi connectivity index (χ4n) is 2.22. The molecule has 2 rings (SSSR count). The Balaban J connectivity index is 2.17. The average Bonchev–Trinajstić information content (AvgIpc) is 2.57. The molecule has 0 saturated heterocycles. The summed E-state index contributed by atoms with van der Waals surface area (Å²) in [4.78, 5) is 12.5. The van der Waals surface area contributed by atoms with Crippen molar-refractivity contribution in [1.82, 2.24) is 4.31 Å². The first-order chi connectivity index (χ1) is 11.8. The van der Waals surface area contributed by atoms with Gasteiger partial charge in [-0.15, -0.1) is 0 Å². The van der Waals surface area contributed by atoms with Crippen molar-refractivity contribution in [3.05, 3.63) is 57.5 Å². The number of amides is 1. The van der Waals surface area contributed by atoms with Gasteiger partial charge in [-0.1, -0.05) is 40.5 Å². The summed E-state index contributed by atoms with van der Waals surface area (Å²) in [5, 5.41) is 3.25. The Morgan fingerprint density at radius 3 is 2.44 bits per heavy atom. The molecule has 8 heteroatoms. The van der Waals surface area contributed by atoms with E-state index in [-0.39, 0.29) is 18.0 Å². The third-order valence-electron chi connectivity index (χ3n) is 3.67. The molecule has 25 heavy (non-hydrogen) atoms. The number of carbonyl (C=O) groups excluding carboxylic acids is 1. The van der Waals surface area contributed by atoms with Crippen LogP contribution in [0.2, 0.25) is 5.02 Å². The maximum Gasteiger partial charge on any atom is 0.243 e. The second-order valence-corrected chi connectivity index (χ2v) is 8.61. The van der Waals surface area contributed by atoms with Crippen molar-refractivity contribution in [2.75, 3.05) is 18.4 Å². The molecule has 0 unspecified atom stereocenters. The minimum atomic E-state index is -3.75. The minimum Gasteiger partial charge on any atom is -0.325 e. The van der Waals surface area contributed by atoms with Crippen LogP contribution in [0.5, 0.6) is 0 Å². The molecule has 5 nitrogen and oxygen atoms in total. The summed E-state index contributed by atoms with van der Waals surface area (Å²) in [6, 6.07) is 11.5. The molecular formula is C17H18BrClN2O3S. The molecule has 0 aliphatic carbocycles. The topological polar surface area (TPSA) is 66.5 Å². The van der Waals surface area contributed by atoms with Crippen molar-refractivity contribution in [2.45, 2.75) is 18.7 Å². The zero-order valence-corrected chi connectivity index (χ0v) is 17.0. The Morgan fingerprint density at radius 1 is 1.20 bits per heavy atom. The van der Waals surface area contributed by atoms with Gasteiger partial charge in [-0.2, -0.15) is 4.31 Å². The predicted molar refractivity (Wildman–Crippen MR) is 103 cm³/mol. The molecule has 0 saturated carbocycles. The van der Waals surface area contributed by atoms with Gasteiger partial charge >= 0.3 is 0 Å². The molecule has 0 spiro atoms. The van der Waals surface area contributed by atoms with E-state index in [1.54, 1.807) is 44.2 Å². The zero-order valence-electron chi connectivity index (χ0n) is 13.8. The maximum atomic E-state index is 12.7. The van der Waals surface area contributed by atoms with Crippen LogP contribution in [0.25, 0.3) is 0 Å². The number of nitrogens with one attached hydrogen (secondary N) is 1. The summed E-state index contributed by atoms with van der Waals surface area (Å²) in [6.07, 6.45) is 0. The van der Waals surface area contributed by atoms with Gasteiger partial charge in [0.2, 0.25) is 15.9 Å². The van der Waals surface area contributed by atoms with E-state index in [2.05, 4.69) is 21.2 Å². The fourth-order valence-corrected chi connectivity index (χ4v) is 4.06. The van der Waals surface area contributed by atoms with E-state index in [0.717, 1.165) is 14.3 Å². The Labute approximate surface area is 161 Å². The second kappa shape index (κ2) is 8.31. The van der Waals surface area contributed by atoms with Crippen LogP contribution in [0, 0.1) is 6.92 Å². The molecule has 0 aliphatic heterocycles. The number of benzene rings is 2. The second-order valence-electron chi connectivity index (χ2n) is 5.35. The molecule has 2 aromatic rings. The van der Waals surface area contributed by atoms with Gasteiger partial charge in [-0.3, -0.25) is 4.79 Å². The van der Waals surface area contributed by atoms with Crippen molar-refractivity contribution in [3.63, 3.8) is 0 Å². The Bertz CT molecular complexity index is 870. The normalized spacial score (nSPS) is 11.6. The van der Waals surface area contributed by atoms with Crippen molar-refractivity contribution in [2.24, 2.45) is 0 Å². The number of sulfonamides is 1. The fraction of sp³-hybridized carbons (Fsp3) is 0.235. The molecule has 0 fully saturated rings. The number of carbonyl (C=O) groups is 1. The van der Waals surface area contributed by atoms with E-state index in [4.69, 9.17) is 11.6 Å². The van der Waals surface area contributed by atoms with Crippen LogP contribution in [0.15, 0.2) is 51.8 Å². The summed E-state index contributed by atoms with van der Waals surface area (Å²) >= 11 is 9.31. The lowest BCUT2D eigenvalue weighted by Crippen LogP contribution is -2.37. The van der Waals surface area contributed by atoms with Gasteiger partial charge in [0.1, 0.15) is 0 Å². The first kappa shape index (κ1) is 19.9. The molecule has 0 radical (unpaired) electrons.